The molecular formula is C23H28N4O3S. The topological polar surface area (TPSA) is 84.7 Å². The fraction of sp³-hybridized carbons (Fsp3) is 0.391. The van der Waals surface area contributed by atoms with E-state index >= 15 is 0 Å². The predicted molar refractivity (Wildman–Crippen MR) is 120 cm³/mol. The fourth-order valence-corrected chi connectivity index (χ4v) is 5.12. The second-order valence-electron chi connectivity index (χ2n) is 8.06. The largest absolute Gasteiger partial charge is 0.341 e. The van der Waals surface area contributed by atoms with E-state index < -0.39 is 10.0 Å². The van der Waals surface area contributed by atoms with Crippen LogP contribution in [0.15, 0.2) is 53.4 Å². The molecule has 0 aliphatic carbocycles. The van der Waals surface area contributed by atoms with Gasteiger partial charge in [0.05, 0.1) is 22.2 Å². The SMILES string of the molecule is Cc1ccc(S(=O)(=O)N(CC(=O)N2CCC(N(C)C)CC2)c2ccc(C#N)cc2)cc1. The first-order chi connectivity index (χ1) is 14.7. The van der Waals surface area contributed by atoms with Gasteiger partial charge in [-0.2, -0.15) is 5.26 Å². The van der Waals surface area contributed by atoms with Crippen LogP contribution in [0.3, 0.4) is 0 Å². The van der Waals surface area contributed by atoms with Gasteiger partial charge in [-0.25, -0.2) is 8.42 Å². The molecule has 0 atom stereocenters. The van der Waals surface area contributed by atoms with Gasteiger partial charge in [-0.3, -0.25) is 9.10 Å². The van der Waals surface area contributed by atoms with E-state index in [4.69, 9.17) is 5.26 Å². The molecule has 0 N–H and O–H groups in total. The van der Waals surface area contributed by atoms with Gasteiger partial charge in [0, 0.05) is 19.1 Å². The molecular weight excluding hydrogens is 412 g/mol. The van der Waals surface area contributed by atoms with Crippen LogP contribution in [0, 0.1) is 18.3 Å². The van der Waals surface area contributed by atoms with Gasteiger partial charge in [-0.05, 0) is 70.3 Å². The van der Waals surface area contributed by atoms with Crippen LogP contribution in [0.1, 0.15) is 24.0 Å². The number of aryl methyl sites for hydroxylation is 1. The molecule has 1 aliphatic rings. The number of amides is 1. The maximum absolute atomic E-state index is 13.4. The Kier molecular flexibility index (Phi) is 6.98. The summed E-state index contributed by atoms with van der Waals surface area (Å²) in [5.41, 5.74) is 1.73. The molecule has 1 heterocycles. The zero-order valence-corrected chi connectivity index (χ0v) is 19.0. The fourth-order valence-electron chi connectivity index (χ4n) is 3.71. The molecule has 1 fully saturated rings. The Morgan fingerprint density at radius 3 is 2.16 bits per heavy atom. The van der Waals surface area contributed by atoms with Crippen LogP contribution in [-0.2, 0) is 14.8 Å². The van der Waals surface area contributed by atoms with Crippen molar-refractivity contribution in [3.05, 3.63) is 59.7 Å². The second-order valence-corrected chi connectivity index (χ2v) is 9.92. The number of anilines is 1. The molecule has 1 saturated heterocycles. The molecule has 0 spiro atoms. The normalized spacial score (nSPS) is 15.0. The van der Waals surface area contributed by atoms with Crippen LogP contribution >= 0.6 is 0 Å². The lowest BCUT2D eigenvalue weighted by molar-refractivity contribution is -0.131. The quantitative estimate of drug-likeness (QED) is 0.689. The first kappa shape index (κ1) is 22.8. The van der Waals surface area contributed by atoms with Crippen LogP contribution in [0.25, 0.3) is 0 Å². The van der Waals surface area contributed by atoms with E-state index in [-0.39, 0.29) is 17.3 Å². The van der Waals surface area contributed by atoms with Crippen LogP contribution in [-0.4, -0.2) is 63.9 Å². The number of nitriles is 1. The Bertz CT molecular complexity index is 1050. The van der Waals surface area contributed by atoms with Crippen molar-refractivity contribution in [1.82, 2.24) is 9.80 Å². The standard InChI is InChI=1S/C23H28N4O3S/c1-18-4-10-22(11-5-18)31(29,30)27(21-8-6-19(16-24)7-9-21)17-23(28)26-14-12-20(13-15-26)25(2)3/h4-11,20H,12-15,17H2,1-3H3. The average Bonchev–Trinajstić information content (AvgIpc) is 2.77. The zero-order chi connectivity index (χ0) is 22.6. The Hall–Kier alpha value is -2.89. The Labute approximate surface area is 184 Å². The highest BCUT2D eigenvalue weighted by atomic mass is 32.2. The number of nitrogens with zero attached hydrogens (tertiary/aromatic N) is 4. The van der Waals surface area contributed by atoms with Crippen molar-refractivity contribution in [3.63, 3.8) is 0 Å². The summed E-state index contributed by atoms with van der Waals surface area (Å²) in [6.07, 6.45) is 1.72. The molecule has 0 bridgehead atoms. The van der Waals surface area contributed by atoms with Crippen LogP contribution in [0.2, 0.25) is 0 Å². The van der Waals surface area contributed by atoms with Crippen molar-refractivity contribution >= 4 is 21.6 Å². The molecule has 0 radical (unpaired) electrons. The van der Waals surface area contributed by atoms with Gasteiger partial charge in [0.15, 0.2) is 0 Å². The lowest BCUT2D eigenvalue weighted by atomic mass is 10.0. The average molecular weight is 441 g/mol. The molecule has 7 nitrogen and oxygen atoms in total. The number of rotatable bonds is 6. The van der Waals surface area contributed by atoms with E-state index in [2.05, 4.69) is 4.90 Å². The number of hydrogen-bond donors (Lipinski definition) is 0. The molecule has 2 aromatic rings. The van der Waals surface area contributed by atoms with E-state index in [1.807, 2.05) is 27.1 Å². The molecule has 0 unspecified atom stereocenters. The number of carbonyl (C=O) groups excluding carboxylic acids is 1. The van der Waals surface area contributed by atoms with Crippen molar-refractivity contribution in [3.8, 4) is 6.07 Å². The molecule has 0 saturated carbocycles. The first-order valence-corrected chi connectivity index (χ1v) is 11.7. The van der Waals surface area contributed by atoms with Gasteiger partial charge in [0.2, 0.25) is 5.91 Å². The van der Waals surface area contributed by atoms with Crippen molar-refractivity contribution in [2.24, 2.45) is 0 Å². The highest BCUT2D eigenvalue weighted by molar-refractivity contribution is 7.92. The number of piperidine rings is 1. The van der Waals surface area contributed by atoms with E-state index in [9.17, 15) is 13.2 Å². The third-order valence-corrected chi connectivity index (χ3v) is 7.51. The summed E-state index contributed by atoms with van der Waals surface area (Å²) in [5, 5.41) is 9.06. The van der Waals surface area contributed by atoms with Crippen molar-refractivity contribution < 1.29 is 13.2 Å². The lowest BCUT2D eigenvalue weighted by Crippen LogP contribution is -2.48. The summed E-state index contributed by atoms with van der Waals surface area (Å²) in [5.74, 6) is -0.225. The maximum Gasteiger partial charge on any atom is 0.264 e. The number of carbonyl (C=O) groups is 1. The number of likely N-dealkylation sites (tertiary alicyclic amines) is 1. The minimum atomic E-state index is -3.95. The van der Waals surface area contributed by atoms with Gasteiger partial charge in [0.25, 0.3) is 10.0 Å². The Morgan fingerprint density at radius 2 is 1.65 bits per heavy atom. The molecule has 1 amide bonds. The molecule has 0 aromatic heterocycles. The van der Waals surface area contributed by atoms with Crippen molar-refractivity contribution in [2.75, 3.05) is 38.0 Å². The molecule has 8 heteroatoms. The second kappa shape index (κ2) is 9.50. The van der Waals surface area contributed by atoms with Crippen molar-refractivity contribution in [1.29, 1.82) is 5.26 Å². The van der Waals surface area contributed by atoms with Gasteiger partial charge in [-0.15, -0.1) is 0 Å². The van der Waals surface area contributed by atoms with E-state index in [0.29, 0.717) is 30.4 Å². The Balaban J connectivity index is 1.88. The maximum atomic E-state index is 13.4. The minimum absolute atomic E-state index is 0.126. The molecule has 164 valence electrons. The highest BCUT2D eigenvalue weighted by Gasteiger charge is 2.30. The van der Waals surface area contributed by atoms with Crippen LogP contribution in [0.4, 0.5) is 5.69 Å². The number of hydrogen-bond acceptors (Lipinski definition) is 5. The summed E-state index contributed by atoms with van der Waals surface area (Å²) in [4.78, 5) is 17.1. The van der Waals surface area contributed by atoms with E-state index in [1.165, 1.54) is 0 Å². The van der Waals surface area contributed by atoms with Crippen LogP contribution < -0.4 is 4.31 Å². The van der Waals surface area contributed by atoms with Gasteiger partial charge >= 0.3 is 0 Å². The molecule has 2 aromatic carbocycles. The monoisotopic (exact) mass is 440 g/mol. The molecule has 1 aliphatic heterocycles. The highest BCUT2D eigenvalue weighted by Crippen LogP contribution is 2.25. The van der Waals surface area contributed by atoms with E-state index in [1.54, 1.807) is 53.4 Å². The smallest absolute Gasteiger partial charge is 0.264 e. The summed E-state index contributed by atoms with van der Waals surface area (Å²) in [7, 11) is 0.108. The van der Waals surface area contributed by atoms with Crippen LogP contribution in [0.5, 0.6) is 0 Å². The van der Waals surface area contributed by atoms with E-state index in [0.717, 1.165) is 22.7 Å². The van der Waals surface area contributed by atoms with Gasteiger partial charge in [-0.1, -0.05) is 17.7 Å². The molecule has 31 heavy (non-hydrogen) atoms. The predicted octanol–water partition coefficient (Wildman–Crippen LogP) is 2.61. The third kappa shape index (κ3) is 5.24. The number of sulfonamides is 1. The minimum Gasteiger partial charge on any atom is -0.341 e. The van der Waals surface area contributed by atoms with Gasteiger partial charge in [0.1, 0.15) is 6.54 Å². The third-order valence-electron chi connectivity index (χ3n) is 5.72. The molecule has 3 rings (SSSR count). The summed E-state index contributed by atoms with van der Waals surface area (Å²) < 4.78 is 28.0. The summed E-state index contributed by atoms with van der Waals surface area (Å²) in [6.45, 7) is 2.81. The first-order valence-electron chi connectivity index (χ1n) is 10.3. The Morgan fingerprint density at radius 1 is 1.06 bits per heavy atom. The summed E-state index contributed by atoms with van der Waals surface area (Å²) in [6, 6.07) is 15.3. The lowest BCUT2D eigenvalue weighted by Gasteiger charge is -2.36. The summed E-state index contributed by atoms with van der Waals surface area (Å²) >= 11 is 0. The number of benzene rings is 2. The van der Waals surface area contributed by atoms with Crippen molar-refractivity contribution in [2.45, 2.75) is 30.7 Å². The van der Waals surface area contributed by atoms with Gasteiger partial charge < -0.3 is 9.80 Å². The zero-order valence-electron chi connectivity index (χ0n) is 18.2.